The number of hydrogen-bond acceptors (Lipinski definition) is 15. The number of phosphoric ester groups is 2. The van der Waals surface area contributed by atoms with E-state index < -0.39 is 97.5 Å². The van der Waals surface area contributed by atoms with Crippen molar-refractivity contribution in [3.8, 4) is 0 Å². The molecule has 0 aromatic rings. The molecule has 0 aromatic carbocycles. The summed E-state index contributed by atoms with van der Waals surface area (Å²) in [7, 11) is -9.91. The van der Waals surface area contributed by atoms with Crippen LogP contribution in [0.1, 0.15) is 407 Å². The first-order valence-corrected chi connectivity index (χ1v) is 42.8. The van der Waals surface area contributed by atoms with Crippen molar-refractivity contribution in [1.82, 2.24) is 0 Å². The molecule has 17 nitrogen and oxygen atoms in total. The van der Waals surface area contributed by atoms with Gasteiger partial charge in [0, 0.05) is 25.7 Å². The summed E-state index contributed by atoms with van der Waals surface area (Å²) in [4.78, 5) is 72.8. The third kappa shape index (κ3) is 70.3. The van der Waals surface area contributed by atoms with Crippen LogP contribution in [0.25, 0.3) is 0 Å². The van der Waals surface area contributed by atoms with E-state index in [0.29, 0.717) is 25.7 Å². The van der Waals surface area contributed by atoms with E-state index in [0.717, 1.165) is 89.9 Å². The van der Waals surface area contributed by atoms with Crippen LogP contribution < -0.4 is 0 Å². The number of phosphoric acid groups is 2. The monoisotopic (exact) mass is 1400 g/mol. The molecule has 0 aliphatic rings. The summed E-state index contributed by atoms with van der Waals surface area (Å²) in [5.74, 6) is -2.11. The van der Waals surface area contributed by atoms with Crippen molar-refractivity contribution in [2.75, 3.05) is 39.6 Å². The van der Waals surface area contributed by atoms with E-state index in [1.54, 1.807) is 0 Å². The van der Waals surface area contributed by atoms with Gasteiger partial charge in [0.25, 0.3) is 0 Å². The van der Waals surface area contributed by atoms with Crippen LogP contribution in [0.3, 0.4) is 0 Å². The second-order valence-electron chi connectivity index (χ2n) is 27.4. The molecular weight excluding hydrogens is 1250 g/mol. The van der Waals surface area contributed by atoms with E-state index >= 15 is 0 Å². The van der Waals surface area contributed by atoms with E-state index in [4.69, 9.17) is 37.0 Å². The van der Waals surface area contributed by atoms with Gasteiger partial charge in [-0.25, -0.2) is 9.13 Å². The van der Waals surface area contributed by atoms with Crippen molar-refractivity contribution >= 4 is 39.5 Å². The highest BCUT2D eigenvalue weighted by Gasteiger charge is 2.30. The minimum absolute atomic E-state index is 0.108. The lowest BCUT2D eigenvalue weighted by Gasteiger charge is -2.21. The Labute approximate surface area is 581 Å². The van der Waals surface area contributed by atoms with Crippen LogP contribution in [0.15, 0.2) is 0 Å². The van der Waals surface area contributed by atoms with Crippen LogP contribution in [-0.2, 0) is 65.4 Å². The lowest BCUT2D eigenvalue weighted by atomic mass is 10.0. The van der Waals surface area contributed by atoms with Crippen molar-refractivity contribution in [3.05, 3.63) is 0 Å². The van der Waals surface area contributed by atoms with E-state index in [1.165, 1.54) is 238 Å². The summed E-state index contributed by atoms with van der Waals surface area (Å²) in [6, 6.07) is 0. The zero-order valence-electron chi connectivity index (χ0n) is 61.6. The van der Waals surface area contributed by atoms with Crippen LogP contribution in [0.4, 0.5) is 0 Å². The van der Waals surface area contributed by atoms with Crippen LogP contribution in [0.2, 0.25) is 0 Å². The van der Waals surface area contributed by atoms with Gasteiger partial charge in [0.2, 0.25) is 0 Å². The fourth-order valence-electron chi connectivity index (χ4n) is 11.8. The van der Waals surface area contributed by atoms with Gasteiger partial charge in [-0.05, 0) is 25.7 Å². The van der Waals surface area contributed by atoms with Gasteiger partial charge in [-0.15, -0.1) is 0 Å². The molecule has 0 heterocycles. The van der Waals surface area contributed by atoms with Crippen LogP contribution in [-0.4, -0.2) is 96.7 Å². The lowest BCUT2D eigenvalue weighted by Crippen LogP contribution is -2.30. The molecule has 0 aromatic heterocycles. The van der Waals surface area contributed by atoms with Gasteiger partial charge in [-0.3, -0.25) is 37.3 Å². The minimum atomic E-state index is -4.96. The Morgan fingerprint density at radius 3 is 0.621 bits per heavy atom. The predicted molar refractivity (Wildman–Crippen MR) is 386 cm³/mol. The first kappa shape index (κ1) is 93.1. The molecule has 0 radical (unpaired) electrons. The number of unbranched alkanes of at least 4 members (excludes halogenated alkanes) is 51. The van der Waals surface area contributed by atoms with Gasteiger partial charge >= 0.3 is 39.5 Å². The Morgan fingerprint density at radius 1 is 0.253 bits per heavy atom. The van der Waals surface area contributed by atoms with Crippen molar-refractivity contribution in [3.63, 3.8) is 0 Å². The minimum Gasteiger partial charge on any atom is -0.462 e. The van der Waals surface area contributed by atoms with Gasteiger partial charge in [0.05, 0.1) is 26.4 Å². The van der Waals surface area contributed by atoms with Crippen LogP contribution in [0.5, 0.6) is 0 Å². The molecule has 3 N–H and O–H groups in total. The van der Waals surface area contributed by atoms with Crippen LogP contribution >= 0.6 is 15.6 Å². The van der Waals surface area contributed by atoms with Crippen LogP contribution in [0, 0.1) is 0 Å². The number of esters is 4. The maximum atomic E-state index is 13.1. The quantitative estimate of drug-likeness (QED) is 0.0222. The molecule has 0 rings (SSSR count). The van der Waals surface area contributed by atoms with Gasteiger partial charge in [-0.2, -0.15) is 0 Å². The fourth-order valence-corrected chi connectivity index (χ4v) is 13.3. The number of rotatable bonds is 77. The molecule has 95 heavy (non-hydrogen) atoms. The molecule has 2 unspecified atom stereocenters. The highest BCUT2D eigenvalue weighted by Crippen LogP contribution is 2.45. The molecule has 0 bridgehead atoms. The van der Waals surface area contributed by atoms with Gasteiger partial charge in [0.15, 0.2) is 12.2 Å². The Bertz CT molecular complexity index is 1810. The van der Waals surface area contributed by atoms with E-state index in [-0.39, 0.29) is 25.7 Å². The Hall–Kier alpha value is -1.94. The third-order valence-corrected chi connectivity index (χ3v) is 19.8. The summed E-state index contributed by atoms with van der Waals surface area (Å²) >= 11 is 0. The van der Waals surface area contributed by atoms with E-state index in [9.17, 15) is 43.2 Å². The molecule has 0 fully saturated rings. The van der Waals surface area contributed by atoms with Gasteiger partial charge < -0.3 is 33.8 Å². The first-order valence-electron chi connectivity index (χ1n) is 39.8. The summed E-state index contributed by atoms with van der Waals surface area (Å²) in [5, 5.41) is 10.6. The summed E-state index contributed by atoms with van der Waals surface area (Å²) in [5.41, 5.74) is 0. The molecule has 5 atom stereocenters. The van der Waals surface area contributed by atoms with Gasteiger partial charge in [0.1, 0.15) is 19.3 Å². The average molecular weight is 1400 g/mol. The molecule has 564 valence electrons. The molecule has 0 spiro atoms. The maximum Gasteiger partial charge on any atom is 0.472 e. The number of aliphatic hydroxyl groups is 1. The second kappa shape index (κ2) is 70.5. The first-order chi connectivity index (χ1) is 46.2. The summed E-state index contributed by atoms with van der Waals surface area (Å²) in [6.07, 6.45) is 60.9. The number of ether oxygens (including phenoxy) is 4. The number of carbonyl (C=O) groups is 4. The standard InChI is InChI=1S/C76H148O17P2/c1-5-9-13-17-21-25-29-31-33-34-35-36-38-40-43-47-51-55-59-63-76(81)93-72(67-87-74(79)61-57-53-49-45-42-39-37-32-30-26-22-18-14-10-6-2)69-91-95(84,85)89-65-70(77)64-88-94(82,83)90-68-71(66-86-73(78)60-56-52-48-44-28-24-20-16-12-8-4)92-75(80)62-58-54-50-46-41-27-23-19-15-11-7-3/h70-72,77H,5-69H2,1-4H3,(H,82,83)(H,84,85)/t70-,71+,72+/m0/s1. The number of carbonyl (C=O) groups excluding carboxylic acids is 4. The normalized spacial score (nSPS) is 13.9. The average Bonchev–Trinajstić information content (AvgIpc) is 2.16. The SMILES string of the molecule is CCCCCCCCCCCCCCCCCCCCCC(=O)O[C@H](COC(=O)CCCCCCCCCCCCCCCCC)COP(=O)(O)OC[C@@H](O)COP(=O)(O)OC[C@@H](COC(=O)CCCCCCCCCCCC)OC(=O)CCCCCCCCCCCCC. The molecule has 0 aliphatic carbocycles. The zero-order valence-corrected chi connectivity index (χ0v) is 63.4. The van der Waals surface area contributed by atoms with Crippen molar-refractivity contribution < 1.29 is 80.2 Å². The Kier molecular flexibility index (Phi) is 69.1. The molecule has 0 aliphatic heterocycles. The van der Waals surface area contributed by atoms with Crippen molar-refractivity contribution in [2.45, 2.75) is 425 Å². The molecule has 0 saturated carbocycles. The number of hydrogen-bond donors (Lipinski definition) is 3. The van der Waals surface area contributed by atoms with Gasteiger partial charge in [-0.1, -0.05) is 355 Å². The molecule has 19 heteroatoms. The van der Waals surface area contributed by atoms with E-state index in [2.05, 4.69) is 27.7 Å². The smallest absolute Gasteiger partial charge is 0.462 e. The van der Waals surface area contributed by atoms with E-state index in [1.807, 2.05) is 0 Å². The highest BCUT2D eigenvalue weighted by molar-refractivity contribution is 7.47. The molecule has 0 saturated heterocycles. The second-order valence-corrected chi connectivity index (χ2v) is 30.3. The Balaban J connectivity index is 5.21. The Morgan fingerprint density at radius 2 is 0.421 bits per heavy atom. The molecule has 0 amide bonds. The van der Waals surface area contributed by atoms with Crippen molar-refractivity contribution in [1.29, 1.82) is 0 Å². The van der Waals surface area contributed by atoms with Crippen molar-refractivity contribution in [2.24, 2.45) is 0 Å². The molecular formula is C76H148O17P2. The predicted octanol–water partition coefficient (Wildman–Crippen LogP) is 22.6. The summed E-state index contributed by atoms with van der Waals surface area (Å²) < 4.78 is 68.5. The highest BCUT2D eigenvalue weighted by atomic mass is 31.2. The fraction of sp³-hybridized carbons (Fsp3) is 0.947. The maximum absolute atomic E-state index is 13.1. The topological polar surface area (TPSA) is 237 Å². The zero-order chi connectivity index (χ0) is 69.7. The number of aliphatic hydroxyl groups excluding tert-OH is 1. The largest absolute Gasteiger partial charge is 0.472 e. The summed E-state index contributed by atoms with van der Waals surface area (Å²) in [6.45, 7) is 4.98. The third-order valence-electron chi connectivity index (χ3n) is 17.9. The lowest BCUT2D eigenvalue weighted by molar-refractivity contribution is -0.161.